The van der Waals surface area contributed by atoms with Crippen LogP contribution in [0.5, 0.6) is 0 Å². The third-order valence-corrected chi connectivity index (χ3v) is 2.69. The third kappa shape index (κ3) is 3.70. The van der Waals surface area contributed by atoms with E-state index in [9.17, 15) is 4.79 Å². The number of hydrogen-bond acceptors (Lipinski definition) is 1. The number of allylic oxidation sites excluding steroid dienone is 1. The summed E-state index contributed by atoms with van der Waals surface area (Å²) in [4.78, 5) is 11.1. The third-order valence-electron chi connectivity index (χ3n) is 2.45. The normalized spacial score (nSPS) is 12.1. The Labute approximate surface area is 101 Å². The van der Waals surface area contributed by atoms with Crippen LogP contribution in [-0.4, -0.2) is 11.1 Å². The summed E-state index contributed by atoms with van der Waals surface area (Å²) < 4.78 is 0. The molecule has 2 nitrogen and oxygen atoms in total. The van der Waals surface area contributed by atoms with E-state index in [-0.39, 0.29) is 0 Å². The second-order valence-corrected chi connectivity index (χ2v) is 4.10. The van der Waals surface area contributed by atoms with Crippen molar-refractivity contribution in [3.8, 4) is 0 Å². The molecule has 0 aliphatic heterocycles. The van der Waals surface area contributed by atoms with Crippen LogP contribution in [0.15, 0.2) is 36.9 Å². The Morgan fingerprint density at radius 3 is 2.88 bits per heavy atom. The zero-order valence-electron chi connectivity index (χ0n) is 9.03. The quantitative estimate of drug-likeness (QED) is 0.604. The molecule has 1 rings (SSSR count). The van der Waals surface area contributed by atoms with Crippen molar-refractivity contribution in [2.45, 2.75) is 25.2 Å². The predicted octanol–water partition coefficient (Wildman–Crippen LogP) is 3.86. The fraction of sp³-hybridized carbons (Fsp3) is 0.308. The largest absolute Gasteiger partial charge is 0.481 e. The maximum Gasteiger partial charge on any atom is 0.310 e. The number of carboxylic acid groups (broad SMARTS) is 1. The number of benzene rings is 1. The van der Waals surface area contributed by atoms with Gasteiger partial charge in [0.15, 0.2) is 0 Å². The molecule has 0 heterocycles. The molecule has 0 amide bonds. The minimum atomic E-state index is -0.800. The van der Waals surface area contributed by atoms with Gasteiger partial charge in [-0.15, -0.1) is 6.58 Å². The predicted molar refractivity (Wildman–Crippen MR) is 65.9 cm³/mol. The van der Waals surface area contributed by atoms with Crippen molar-refractivity contribution in [3.63, 3.8) is 0 Å². The van der Waals surface area contributed by atoms with Crippen molar-refractivity contribution in [2.75, 3.05) is 0 Å². The van der Waals surface area contributed by atoms with Crippen LogP contribution in [-0.2, 0) is 4.79 Å². The molecule has 1 aromatic rings. The summed E-state index contributed by atoms with van der Waals surface area (Å²) in [6.07, 6.45) is 4.08. The lowest BCUT2D eigenvalue weighted by Crippen LogP contribution is -2.11. The molecular formula is C13H15ClO2. The Bertz CT molecular complexity index is 374. The van der Waals surface area contributed by atoms with Crippen molar-refractivity contribution < 1.29 is 9.90 Å². The van der Waals surface area contributed by atoms with Crippen LogP contribution in [0, 0.1) is 0 Å². The fourth-order valence-corrected chi connectivity index (χ4v) is 1.82. The summed E-state index contributed by atoms with van der Waals surface area (Å²) in [6.45, 7) is 3.62. The monoisotopic (exact) mass is 238 g/mol. The van der Waals surface area contributed by atoms with Crippen LogP contribution in [0.2, 0.25) is 5.02 Å². The van der Waals surface area contributed by atoms with Crippen LogP contribution in [0.1, 0.15) is 30.7 Å². The molecule has 0 bridgehead atoms. The molecule has 0 aromatic heterocycles. The fourth-order valence-electron chi connectivity index (χ4n) is 1.62. The smallest absolute Gasteiger partial charge is 0.310 e. The van der Waals surface area contributed by atoms with Gasteiger partial charge in [0, 0.05) is 5.02 Å². The summed E-state index contributed by atoms with van der Waals surface area (Å²) in [5, 5.41) is 9.72. The summed E-state index contributed by atoms with van der Waals surface area (Å²) in [7, 11) is 0. The highest BCUT2D eigenvalue weighted by atomic mass is 35.5. The maximum absolute atomic E-state index is 11.1. The van der Waals surface area contributed by atoms with Crippen molar-refractivity contribution in [3.05, 3.63) is 47.5 Å². The number of hydrogen-bond donors (Lipinski definition) is 1. The van der Waals surface area contributed by atoms with E-state index >= 15 is 0 Å². The number of halogens is 1. The van der Waals surface area contributed by atoms with Gasteiger partial charge in [0.2, 0.25) is 0 Å². The zero-order chi connectivity index (χ0) is 12.0. The highest BCUT2D eigenvalue weighted by Crippen LogP contribution is 2.24. The van der Waals surface area contributed by atoms with Gasteiger partial charge in [-0.25, -0.2) is 0 Å². The van der Waals surface area contributed by atoms with Gasteiger partial charge in [0.25, 0.3) is 0 Å². The first kappa shape index (κ1) is 12.8. The minimum Gasteiger partial charge on any atom is -0.481 e. The Kier molecular flexibility index (Phi) is 5.06. The summed E-state index contributed by atoms with van der Waals surface area (Å²) in [5.41, 5.74) is 0.768. The summed E-state index contributed by atoms with van der Waals surface area (Å²) >= 11 is 5.85. The first-order valence-corrected chi connectivity index (χ1v) is 5.62. The van der Waals surface area contributed by atoms with Crippen LogP contribution in [0.3, 0.4) is 0 Å². The molecule has 1 N–H and O–H groups in total. The standard InChI is InChI=1S/C13H15ClO2/c1-2-3-4-8-12(13(15)16)10-6-5-7-11(14)9-10/h2,5-7,9,12H,1,3-4,8H2,(H,15,16). The molecule has 0 aliphatic rings. The number of carboxylic acids is 1. The minimum absolute atomic E-state index is 0.473. The van der Waals surface area contributed by atoms with Crippen LogP contribution < -0.4 is 0 Å². The molecule has 3 heteroatoms. The lowest BCUT2D eigenvalue weighted by Gasteiger charge is -2.12. The molecule has 1 atom stereocenters. The van der Waals surface area contributed by atoms with Crippen LogP contribution in [0.4, 0.5) is 0 Å². The van der Waals surface area contributed by atoms with E-state index in [1.54, 1.807) is 30.3 Å². The van der Waals surface area contributed by atoms with Gasteiger partial charge < -0.3 is 5.11 Å². The second kappa shape index (κ2) is 6.33. The highest BCUT2D eigenvalue weighted by Gasteiger charge is 2.19. The Morgan fingerprint density at radius 1 is 1.56 bits per heavy atom. The van der Waals surface area contributed by atoms with E-state index in [1.807, 2.05) is 0 Å². The molecule has 1 unspecified atom stereocenters. The van der Waals surface area contributed by atoms with E-state index < -0.39 is 11.9 Å². The molecule has 16 heavy (non-hydrogen) atoms. The van der Waals surface area contributed by atoms with Crippen LogP contribution in [0.25, 0.3) is 0 Å². The molecule has 0 fully saturated rings. The van der Waals surface area contributed by atoms with Crippen LogP contribution >= 0.6 is 11.6 Å². The summed E-state index contributed by atoms with van der Waals surface area (Å²) in [5.74, 6) is -1.27. The first-order valence-electron chi connectivity index (χ1n) is 5.24. The van der Waals surface area contributed by atoms with Gasteiger partial charge in [-0.05, 0) is 37.0 Å². The van der Waals surface area contributed by atoms with Gasteiger partial charge in [0.1, 0.15) is 0 Å². The summed E-state index contributed by atoms with van der Waals surface area (Å²) in [6, 6.07) is 7.04. The van der Waals surface area contributed by atoms with E-state index in [1.165, 1.54) is 0 Å². The van der Waals surface area contributed by atoms with E-state index in [0.717, 1.165) is 18.4 Å². The molecular weight excluding hydrogens is 224 g/mol. The number of rotatable bonds is 6. The lowest BCUT2D eigenvalue weighted by molar-refractivity contribution is -0.139. The van der Waals surface area contributed by atoms with Crippen molar-refractivity contribution in [1.82, 2.24) is 0 Å². The number of carbonyl (C=O) groups is 1. The molecule has 0 radical (unpaired) electrons. The number of aliphatic carboxylic acids is 1. The Hall–Kier alpha value is -1.28. The van der Waals surface area contributed by atoms with Gasteiger partial charge in [0.05, 0.1) is 5.92 Å². The van der Waals surface area contributed by atoms with Gasteiger partial charge >= 0.3 is 5.97 Å². The molecule has 0 aliphatic carbocycles. The molecule has 1 aromatic carbocycles. The van der Waals surface area contributed by atoms with E-state index in [4.69, 9.17) is 16.7 Å². The Balaban J connectivity index is 2.77. The topological polar surface area (TPSA) is 37.3 Å². The van der Waals surface area contributed by atoms with Crippen molar-refractivity contribution >= 4 is 17.6 Å². The average molecular weight is 239 g/mol. The molecule has 86 valence electrons. The van der Waals surface area contributed by atoms with E-state index in [2.05, 4.69) is 6.58 Å². The molecule has 0 saturated carbocycles. The number of unbranched alkanes of at least 4 members (excludes halogenated alkanes) is 1. The highest BCUT2D eigenvalue weighted by molar-refractivity contribution is 6.30. The first-order chi connectivity index (χ1) is 7.65. The zero-order valence-corrected chi connectivity index (χ0v) is 9.78. The van der Waals surface area contributed by atoms with Crippen molar-refractivity contribution in [2.24, 2.45) is 0 Å². The van der Waals surface area contributed by atoms with Crippen molar-refractivity contribution in [1.29, 1.82) is 0 Å². The molecule has 0 spiro atoms. The SMILES string of the molecule is C=CCCCC(C(=O)O)c1cccc(Cl)c1. The average Bonchev–Trinajstić information content (AvgIpc) is 2.24. The maximum atomic E-state index is 11.1. The van der Waals surface area contributed by atoms with Gasteiger partial charge in [-0.3, -0.25) is 4.79 Å². The lowest BCUT2D eigenvalue weighted by atomic mass is 9.94. The van der Waals surface area contributed by atoms with Gasteiger partial charge in [-0.1, -0.05) is 29.8 Å². The Morgan fingerprint density at radius 2 is 2.31 bits per heavy atom. The second-order valence-electron chi connectivity index (χ2n) is 3.67. The van der Waals surface area contributed by atoms with Gasteiger partial charge in [-0.2, -0.15) is 0 Å². The molecule has 0 saturated heterocycles. The van der Waals surface area contributed by atoms with E-state index in [0.29, 0.717) is 11.4 Å².